The summed E-state index contributed by atoms with van der Waals surface area (Å²) in [6.07, 6.45) is 0.961. The highest BCUT2D eigenvalue weighted by molar-refractivity contribution is 6.17. The normalized spacial score (nSPS) is 16.8. The molecule has 1 amide bonds. The number of ether oxygens (including phenoxy) is 2. The van der Waals surface area contributed by atoms with Gasteiger partial charge < -0.3 is 14.8 Å². The SMILES string of the molecule is CC(C)(C)OC(=O)NC1Cc2ccc(C(=O)OCCl)cc2C1. The third kappa shape index (κ3) is 4.37. The predicted octanol–water partition coefficient (Wildman–Crippen LogP) is 3.03. The van der Waals surface area contributed by atoms with E-state index in [2.05, 4.69) is 5.32 Å². The Morgan fingerprint density at radius 2 is 1.95 bits per heavy atom. The molecule has 1 aliphatic rings. The number of hydrogen-bond acceptors (Lipinski definition) is 4. The van der Waals surface area contributed by atoms with Crippen LogP contribution < -0.4 is 5.32 Å². The van der Waals surface area contributed by atoms with Crippen LogP contribution in [0.1, 0.15) is 42.3 Å². The molecule has 0 spiro atoms. The van der Waals surface area contributed by atoms with E-state index in [1.165, 1.54) is 0 Å². The highest BCUT2D eigenvalue weighted by Gasteiger charge is 2.26. The molecule has 0 heterocycles. The minimum atomic E-state index is -0.520. The van der Waals surface area contributed by atoms with Crippen molar-refractivity contribution >= 4 is 23.7 Å². The molecular weight excluding hydrogens is 306 g/mol. The van der Waals surface area contributed by atoms with E-state index in [1.54, 1.807) is 12.1 Å². The molecule has 1 atom stereocenters. The minimum Gasteiger partial charge on any atom is -0.446 e. The van der Waals surface area contributed by atoms with Crippen LogP contribution in [0.3, 0.4) is 0 Å². The van der Waals surface area contributed by atoms with E-state index in [-0.39, 0.29) is 12.1 Å². The molecule has 0 aromatic heterocycles. The Morgan fingerprint density at radius 3 is 2.59 bits per heavy atom. The van der Waals surface area contributed by atoms with Crippen molar-refractivity contribution in [3.8, 4) is 0 Å². The molecule has 1 N–H and O–H groups in total. The first-order chi connectivity index (χ1) is 10.3. The number of carbonyl (C=O) groups excluding carboxylic acids is 2. The van der Waals surface area contributed by atoms with Crippen molar-refractivity contribution in [1.29, 1.82) is 0 Å². The maximum Gasteiger partial charge on any atom is 0.407 e. The van der Waals surface area contributed by atoms with Crippen molar-refractivity contribution in [1.82, 2.24) is 5.32 Å². The van der Waals surface area contributed by atoms with Gasteiger partial charge in [0.25, 0.3) is 0 Å². The van der Waals surface area contributed by atoms with Crippen LogP contribution in [-0.2, 0) is 22.3 Å². The second kappa shape index (κ2) is 6.57. The summed E-state index contributed by atoms with van der Waals surface area (Å²) in [5.74, 6) is -0.443. The average Bonchev–Trinajstić information content (AvgIpc) is 2.77. The van der Waals surface area contributed by atoms with Crippen LogP contribution in [0.4, 0.5) is 4.79 Å². The highest BCUT2D eigenvalue weighted by atomic mass is 35.5. The number of nitrogens with one attached hydrogen (secondary N) is 1. The van der Waals surface area contributed by atoms with Gasteiger partial charge in [-0.1, -0.05) is 17.7 Å². The Bertz CT molecular complexity index is 580. The average molecular weight is 326 g/mol. The van der Waals surface area contributed by atoms with Crippen molar-refractivity contribution in [3.05, 3.63) is 34.9 Å². The fourth-order valence-electron chi connectivity index (χ4n) is 2.45. The van der Waals surface area contributed by atoms with E-state index in [0.29, 0.717) is 12.0 Å². The number of hydrogen-bond donors (Lipinski definition) is 1. The number of alkyl carbamates (subject to hydrolysis) is 1. The molecule has 6 heteroatoms. The monoisotopic (exact) mass is 325 g/mol. The zero-order chi connectivity index (χ0) is 16.3. The van der Waals surface area contributed by atoms with E-state index >= 15 is 0 Å². The second-order valence-electron chi connectivity index (χ2n) is 6.28. The number of carbonyl (C=O) groups is 2. The lowest BCUT2D eigenvalue weighted by Crippen LogP contribution is -2.39. The summed E-state index contributed by atoms with van der Waals surface area (Å²) in [7, 11) is 0. The van der Waals surface area contributed by atoms with Crippen LogP contribution in [0.15, 0.2) is 18.2 Å². The van der Waals surface area contributed by atoms with E-state index in [1.807, 2.05) is 26.8 Å². The van der Waals surface area contributed by atoms with E-state index in [0.717, 1.165) is 17.5 Å². The van der Waals surface area contributed by atoms with Gasteiger partial charge >= 0.3 is 12.1 Å². The zero-order valence-corrected chi connectivity index (χ0v) is 13.7. The molecule has 0 aliphatic heterocycles. The van der Waals surface area contributed by atoms with Gasteiger partial charge in [0, 0.05) is 6.04 Å². The van der Waals surface area contributed by atoms with Crippen LogP contribution in [-0.4, -0.2) is 29.8 Å². The molecule has 1 unspecified atom stereocenters. The molecule has 0 saturated heterocycles. The number of alkyl halides is 1. The van der Waals surface area contributed by atoms with Crippen LogP contribution >= 0.6 is 11.6 Å². The van der Waals surface area contributed by atoms with Gasteiger partial charge in [-0.25, -0.2) is 9.59 Å². The van der Waals surface area contributed by atoms with Gasteiger partial charge in [0.05, 0.1) is 5.56 Å². The Hall–Kier alpha value is -1.75. The lowest BCUT2D eigenvalue weighted by Gasteiger charge is -2.21. The quantitative estimate of drug-likeness (QED) is 0.685. The number of halogens is 1. The van der Waals surface area contributed by atoms with Gasteiger partial charge in [-0.15, -0.1) is 0 Å². The maximum atomic E-state index is 11.8. The van der Waals surface area contributed by atoms with Gasteiger partial charge in [-0.05, 0) is 56.9 Å². The first kappa shape index (κ1) is 16.6. The summed E-state index contributed by atoms with van der Waals surface area (Å²) in [4.78, 5) is 23.5. The summed E-state index contributed by atoms with van der Waals surface area (Å²) in [5, 5.41) is 2.86. The smallest absolute Gasteiger partial charge is 0.407 e. The standard InChI is InChI=1S/C16H20ClNO4/c1-16(2,3)22-15(20)18-13-7-10-4-5-11(6-12(10)8-13)14(19)21-9-17/h4-6,13H,7-9H2,1-3H3,(H,18,20). The van der Waals surface area contributed by atoms with Crippen molar-refractivity contribution < 1.29 is 19.1 Å². The minimum absolute atomic E-state index is 0.0239. The molecule has 1 aromatic carbocycles. The molecule has 22 heavy (non-hydrogen) atoms. The fraction of sp³-hybridized carbons (Fsp3) is 0.500. The Kier molecular flexibility index (Phi) is 4.96. The number of fused-ring (bicyclic) bond motifs is 1. The third-order valence-corrected chi connectivity index (χ3v) is 3.39. The summed E-state index contributed by atoms with van der Waals surface area (Å²) in [5.41, 5.74) is 2.10. The summed E-state index contributed by atoms with van der Waals surface area (Å²) >= 11 is 5.39. The third-order valence-electron chi connectivity index (χ3n) is 3.28. The molecule has 0 radical (unpaired) electrons. The molecule has 0 saturated carbocycles. The molecule has 1 aliphatic carbocycles. The number of amides is 1. The molecule has 0 bridgehead atoms. The van der Waals surface area contributed by atoms with E-state index in [4.69, 9.17) is 21.1 Å². The van der Waals surface area contributed by atoms with Gasteiger partial charge in [0.15, 0.2) is 6.07 Å². The van der Waals surface area contributed by atoms with Crippen molar-refractivity contribution in [2.45, 2.75) is 45.3 Å². The van der Waals surface area contributed by atoms with E-state index in [9.17, 15) is 9.59 Å². The Balaban J connectivity index is 1.98. The zero-order valence-electron chi connectivity index (χ0n) is 12.9. The number of rotatable bonds is 3. The van der Waals surface area contributed by atoms with Crippen molar-refractivity contribution in [2.24, 2.45) is 0 Å². The second-order valence-corrected chi connectivity index (χ2v) is 6.49. The molecule has 2 rings (SSSR count). The predicted molar refractivity (Wildman–Crippen MR) is 83.1 cm³/mol. The largest absolute Gasteiger partial charge is 0.446 e. The van der Waals surface area contributed by atoms with Crippen LogP contribution in [0.5, 0.6) is 0 Å². The van der Waals surface area contributed by atoms with E-state index < -0.39 is 17.7 Å². The van der Waals surface area contributed by atoms with Gasteiger partial charge in [0.1, 0.15) is 5.60 Å². The van der Waals surface area contributed by atoms with Crippen molar-refractivity contribution in [3.63, 3.8) is 0 Å². The number of benzene rings is 1. The molecule has 120 valence electrons. The molecular formula is C16H20ClNO4. The Morgan fingerprint density at radius 1 is 1.27 bits per heavy atom. The fourth-order valence-corrected chi connectivity index (χ4v) is 2.55. The van der Waals surface area contributed by atoms with Crippen molar-refractivity contribution in [2.75, 3.05) is 6.07 Å². The molecule has 0 fully saturated rings. The van der Waals surface area contributed by atoms with Gasteiger partial charge in [-0.2, -0.15) is 0 Å². The van der Waals surface area contributed by atoms with Crippen LogP contribution in [0, 0.1) is 0 Å². The lowest BCUT2D eigenvalue weighted by atomic mass is 10.1. The summed E-state index contributed by atoms with van der Waals surface area (Å²) in [6, 6.07) is 5.20. The van der Waals surface area contributed by atoms with Crippen LogP contribution in [0.2, 0.25) is 0 Å². The Labute approximate surface area is 134 Å². The topological polar surface area (TPSA) is 64.6 Å². The maximum absolute atomic E-state index is 11.8. The first-order valence-corrected chi connectivity index (χ1v) is 7.66. The first-order valence-electron chi connectivity index (χ1n) is 7.13. The van der Waals surface area contributed by atoms with Crippen LogP contribution in [0.25, 0.3) is 0 Å². The highest BCUT2D eigenvalue weighted by Crippen LogP contribution is 2.24. The number of esters is 1. The summed E-state index contributed by atoms with van der Waals surface area (Å²) in [6.45, 7) is 5.47. The molecule has 5 nitrogen and oxygen atoms in total. The molecule has 1 aromatic rings. The van der Waals surface area contributed by atoms with Gasteiger partial charge in [-0.3, -0.25) is 0 Å². The summed E-state index contributed by atoms with van der Waals surface area (Å²) < 4.78 is 10.0. The lowest BCUT2D eigenvalue weighted by molar-refractivity contribution is 0.0504. The van der Waals surface area contributed by atoms with Gasteiger partial charge in [0.2, 0.25) is 0 Å².